The summed E-state index contributed by atoms with van der Waals surface area (Å²) in [5.74, 6) is -0.922. The van der Waals surface area contributed by atoms with Gasteiger partial charge in [0, 0.05) is 17.5 Å². The minimum Gasteiger partial charge on any atom is -0.480 e. The van der Waals surface area contributed by atoms with Gasteiger partial charge in [-0.25, -0.2) is 4.79 Å². The summed E-state index contributed by atoms with van der Waals surface area (Å²) in [6, 6.07) is 26.8. The van der Waals surface area contributed by atoms with Crippen LogP contribution < -0.4 is 0 Å². The summed E-state index contributed by atoms with van der Waals surface area (Å²) in [4.78, 5) is 16.7. The third-order valence-electron chi connectivity index (χ3n) is 4.91. The van der Waals surface area contributed by atoms with Crippen LogP contribution >= 0.6 is 0 Å². The maximum absolute atomic E-state index is 12.0. The molecule has 1 unspecified atom stereocenters. The lowest BCUT2D eigenvalue weighted by Crippen LogP contribution is -2.23. The van der Waals surface area contributed by atoms with Crippen molar-refractivity contribution in [1.29, 1.82) is 0 Å². The molecule has 0 amide bonds. The minimum absolute atomic E-state index is 0.0661. The number of nitrogens with zero attached hydrogens (tertiary/aromatic N) is 1. The average molecular weight is 386 g/mol. The molecule has 0 heterocycles. The molecule has 0 radical (unpaired) electrons. The lowest BCUT2D eigenvalue weighted by molar-refractivity contribution is -0.138. The molecular weight excluding hydrogens is 358 g/mol. The van der Waals surface area contributed by atoms with Crippen molar-refractivity contribution in [2.24, 2.45) is 4.99 Å². The average Bonchev–Trinajstić information content (AvgIpc) is 2.72. The normalized spacial score (nSPS) is 12.2. The largest absolute Gasteiger partial charge is 0.480 e. The van der Waals surface area contributed by atoms with Gasteiger partial charge >= 0.3 is 5.97 Å². The van der Waals surface area contributed by atoms with Crippen molar-refractivity contribution in [3.05, 3.63) is 107 Å². The number of carboxylic acid groups (broad SMARTS) is 1. The molecule has 0 saturated heterocycles. The highest BCUT2D eigenvalue weighted by Gasteiger charge is 2.20. The van der Waals surface area contributed by atoms with Crippen LogP contribution in [0.3, 0.4) is 0 Å². The van der Waals surface area contributed by atoms with Gasteiger partial charge in [0.05, 0.1) is 5.71 Å². The molecule has 1 atom stereocenters. The van der Waals surface area contributed by atoms with Crippen LogP contribution in [0, 0.1) is 0 Å². The van der Waals surface area contributed by atoms with Gasteiger partial charge in [-0.05, 0) is 16.5 Å². The van der Waals surface area contributed by atoms with E-state index in [1.54, 1.807) is 0 Å². The topological polar surface area (TPSA) is 49.7 Å². The molecule has 0 aliphatic rings. The van der Waals surface area contributed by atoms with Crippen LogP contribution in [-0.4, -0.2) is 22.8 Å². The molecule has 0 aromatic heterocycles. The fourth-order valence-corrected chi connectivity index (χ4v) is 3.22. The Morgan fingerprint density at radius 1 is 0.828 bits per heavy atom. The number of hydrogen-bond acceptors (Lipinski definition) is 2. The molecule has 3 heteroatoms. The van der Waals surface area contributed by atoms with Crippen LogP contribution in [-0.2, 0) is 16.6 Å². The fourth-order valence-electron chi connectivity index (χ4n) is 3.22. The van der Waals surface area contributed by atoms with Crippen molar-refractivity contribution >= 4 is 11.7 Å². The third-order valence-corrected chi connectivity index (χ3v) is 4.91. The lowest BCUT2D eigenvalue weighted by atomic mass is 9.86. The molecule has 3 aromatic carbocycles. The molecule has 29 heavy (non-hydrogen) atoms. The van der Waals surface area contributed by atoms with E-state index < -0.39 is 12.0 Å². The molecule has 1 N–H and O–H groups in total. The van der Waals surface area contributed by atoms with Crippen molar-refractivity contribution in [1.82, 2.24) is 0 Å². The van der Waals surface area contributed by atoms with E-state index in [2.05, 4.69) is 32.9 Å². The molecule has 3 rings (SSSR count). The first kappa shape index (κ1) is 20.5. The predicted octanol–water partition coefficient (Wildman–Crippen LogP) is 5.52. The van der Waals surface area contributed by atoms with Gasteiger partial charge in [0.25, 0.3) is 0 Å². The van der Waals surface area contributed by atoms with E-state index in [0.717, 1.165) is 16.7 Å². The monoisotopic (exact) mass is 385 g/mol. The highest BCUT2D eigenvalue weighted by atomic mass is 16.4. The Labute approximate surface area is 172 Å². The van der Waals surface area contributed by atoms with Gasteiger partial charge in [0.1, 0.15) is 0 Å². The van der Waals surface area contributed by atoms with E-state index in [0.29, 0.717) is 12.1 Å². The highest BCUT2D eigenvalue weighted by Crippen LogP contribution is 2.23. The van der Waals surface area contributed by atoms with Gasteiger partial charge in [-0.3, -0.25) is 4.99 Å². The molecule has 0 fully saturated rings. The Kier molecular flexibility index (Phi) is 6.28. The smallest absolute Gasteiger partial charge is 0.328 e. The minimum atomic E-state index is -0.922. The van der Waals surface area contributed by atoms with E-state index in [1.807, 2.05) is 72.8 Å². The van der Waals surface area contributed by atoms with Gasteiger partial charge in [-0.1, -0.05) is 106 Å². The first-order valence-corrected chi connectivity index (χ1v) is 9.85. The summed E-state index contributed by atoms with van der Waals surface area (Å²) in [7, 11) is 0. The summed E-state index contributed by atoms with van der Waals surface area (Å²) < 4.78 is 0. The SMILES string of the molecule is CC(C)(C)c1ccc(CC(N=C(c2ccccc2)c2ccccc2)C(=O)O)cc1. The summed E-state index contributed by atoms with van der Waals surface area (Å²) >= 11 is 0. The van der Waals surface area contributed by atoms with Gasteiger partial charge < -0.3 is 5.11 Å². The van der Waals surface area contributed by atoms with E-state index in [-0.39, 0.29) is 5.41 Å². The maximum Gasteiger partial charge on any atom is 0.328 e. The van der Waals surface area contributed by atoms with Crippen molar-refractivity contribution in [2.45, 2.75) is 38.6 Å². The first-order valence-electron chi connectivity index (χ1n) is 9.85. The molecule has 0 bridgehead atoms. The summed E-state index contributed by atoms with van der Waals surface area (Å²) in [5, 5.41) is 9.85. The molecule has 148 valence electrons. The van der Waals surface area contributed by atoms with Crippen molar-refractivity contribution in [3.63, 3.8) is 0 Å². The van der Waals surface area contributed by atoms with Crippen molar-refractivity contribution < 1.29 is 9.90 Å². The zero-order valence-electron chi connectivity index (χ0n) is 17.2. The van der Waals surface area contributed by atoms with Crippen LogP contribution in [0.15, 0.2) is 89.9 Å². The molecule has 0 saturated carbocycles. The van der Waals surface area contributed by atoms with Crippen LogP contribution in [0.25, 0.3) is 0 Å². The number of hydrogen-bond donors (Lipinski definition) is 1. The van der Waals surface area contributed by atoms with E-state index in [1.165, 1.54) is 5.56 Å². The van der Waals surface area contributed by atoms with Crippen LogP contribution in [0.5, 0.6) is 0 Å². The van der Waals surface area contributed by atoms with Gasteiger partial charge in [-0.2, -0.15) is 0 Å². The number of rotatable bonds is 6. The van der Waals surface area contributed by atoms with Crippen molar-refractivity contribution in [2.75, 3.05) is 0 Å². The predicted molar refractivity (Wildman–Crippen MR) is 119 cm³/mol. The standard InChI is InChI=1S/C26H27NO2/c1-26(2,3)22-16-14-19(15-17-22)18-23(25(28)29)27-24(20-10-6-4-7-11-20)21-12-8-5-9-13-21/h4-17,23H,18H2,1-3H3,(H,28,29). The fraction of sp³-hybridized carbons (Fsp3) is 0.231. The second-order valence-corrected chi connectivity index (χ2v) is 8.21. The Hall–Kier alpha value is -3.20. The quantitative estimate of drug-likeness (QED) is 0.568. The van der Waals surface area contributed by atoms with Gasteiger partial charge in [-0.15, -0.1) is 0 Å². The first-order chi connectivity index (χ1) is 13.8. The van der Waals surface area contributed by atoms with Crippen LogP contribution in [0.2, 0.25) is 0 Å². The van der Waals surface area contributed by atoms with E-state index in [9.17, 15) is 9.90 Å². The van der Waals surface area contributed by atoms with Crippen LogP contribution in [0.4, 0.5) is 0 Å². The number of aliphatic carboxylic acids is 1. The van der Waals surface area contributed by atoms with E-state index >= 15 is 0 Å². The Morgan fingerprint density at radius 3 is 1.72 bits per heavy atom. The van der Waals surface area contributed by atoms with Gasteiger partial charge in [0.2, 0.25) is 0 Å². The molecule has 0 aliphatic heterocycles. The second-order valence-electron chi connectivity index (χ2n) is 8.21. The summed E-state index contributed by atoms with van der Waals surface area (Å²) in [6.45, 7) is 6.50. The third kappa shape index (κ3) is 5.41. The lowest BCUT2D eigenvalue weighted by Gasteiger charge is -2.19. The highest BCUT2D eigenvalue weighted by molar-refractivity contribution is 6.13. The number of aliphatic imine (C=N–C) groups is 1. The molecule has 0 aliphatic carbocycles. The maximum atomic E-state index is 12.0. The number of benzene rings is 3. The summed E-state index contributed by atoms with van der Waals surface area (Å²) in [5.41, 5.74) is 4.78. The zero-order chi connectivity index (χ0) is 20.9. The summed E-state index contributed by atoms with van der Waals surface area (Å²) in [6.07, 6.45) is 0.350. The van der Waals surface area contributed by atoms with Gasteiger partial charge in [0.15, 0.2) is 6.04 Å². The Morgan fingerprint density at radius 2 is 1.31 bits per heavy atom. The Bertz CT molecular complexity index is 927. The van der Waals surface area contributed by atoms with E-state index in [4.69, 9.17) is 4.99 Å². The Balaban J connectivity index is 1.96. The van der Waals surface area contributed by atoms with Crippen molar-refractivity contribution in [3.8, 4) is 0 Å². The molecule has 3 nitrogen and oxygen atoms in total. The molecule has 0 spiro atoms. The second kappa shape index (κ2) is 8.87. The van der Waals surface area contributed by atoms with Crippen LogP contribution in [0.1, 0.15) is 43.0 Å². The molecule has 3 aromatic rings. The zero-order valence-corrected chi connectivity index (χ0v) is 17.2. The molecular formula is C26H27NO2. The number of carboxylic acids is 1. The number of carbonyl (C=O) groups is 1.